The van der Waals surface area contributed by atoms with E-state index in [1.807, 2.05) is 0 Å². The zero-order valence-corrected chi connectivity index (χ0v) is 46.2. The Morgan fingerprint density at radius 1 is 0.851 bits per heavy atom. The summed E-state index contributed by atoms with van der Waals surface area (Å²) >= 11 is 0. The molecule has 1 saturated carbocycles. The highest BCUT2D eigenvalue weighted by molar-refractivity contribution is 6.99. The molecule has 3 saturated heterocycles. The van der Waals surface area contributed by atoms with Gasteiger partial charge in [-0.2, -0.15) is 0 Å². The molecule has 1 spiro atoms. The molecule has 0 radical (unpaired) electrons. The van der Waals surface area contributed by atoms with Gasteiger partial charge in [0.2, 0.25) is 8.32 Å². The first-order chi connectivity index (χ1) is 31.5. The zero-order valence-electron chi connectivity index (χ0n) is 44.2. The summed E-state index contributed by atoms with van der Waals surface area (Å²) in [7, 11) is -5.03. The van der Waals surface area contributed by atoms with Crippen molar-refractivity contribution in [3.05, 3.63) is 96.1 Å². The molecule has 1 N–H and O–H groups in total. The first-order valence-electron chi connectivity index (χ1n) is 26.2. The summed E-state index contributed by atoms with van der Waals surface area (Å²) in [5, 5.41) is 13.0. The Morgan fingerprint density at radius 2 is 1.45 bits per heavy atom. The van der Waals surface area contributed by atoms with Gasteiger partial charge in [-0.3, -0.25) is 4.79 Å². The number of hydrogen-bond acceptors (Lipinski definition) is 6. The lowest BCUT2D eigenvalue weighted by molar-refractivity contribution is -0.338. The molecule has 11 atom stereocenters. The van der Waals surface area contributed by atoms with Crippen molar-refractivity contribution in [2.24, 2.45) is 35.5 Å². The standard InChI is InChI=1S/C58H90O7Si2/c1-38(2)53-44(11)31-32-58(63-53)36-48(64-67(57(13,14)15,49-25-18-16-19-26-49)50-27-20-17-21-28-50)35-47(62-58)30-29-43(10)33-42(9)23-22-24-46-37-61-55-52(46)51(56(59)60)34-45(12)54(55)65-66(39(3)4,40(5)6)41(7)8/h16-29,38-42,44-45,47-48,51-55H,30-37H2,1-15H3,(H,59,60)/b23-22+,43-29+,46-24+/t42-,44-,45-,47+,48-,51+,52?,53+,54-,55-,58?/m0/s1. The minimum Gasteiger partial charge on any atom is -0.481 e. The third-order valence-corrected chi connectivity index (χ3v) is 27.6. The molecule has 1 aliphatic carbocycles. The molecular formula is C58H90O7Si2. The number of rotatable bonds is 17. The first-order valence-corrected chi connectivity index (χ1v) is 30.3. The average Bonchev–Trinajstić information content (AvgIpc) is 3.68. The van der Waals surface area contributed by atoms with Gasteiger partial charge in [0.25, 0.3) is 8.32 Å². The molecule has 4 fully saturated rings. The van der Waals surface area contributed by atoms with Gasteiger partial charge >= 0.3 is 5.97 Å². The molecule has 3 aliphatic heterocycles. The van der Waals surface area contributed by atoms with Crippen molar-refractivity contribution in [3.8, 4) is 0 Å². The van der Waals surface area contributed by atoms with Gasteiger partial charge in [-0.1, -0.05) is 187 Å². The molecule has 0 amide bonds. The van der Waals surface area contributed by atoms with Crippen molar-refractivity contribution in [2.75, 3.05) is 6.61 Å². The topological polar surface area (TPSA) is 83.5 Å². The second-order valence-corrected chi connectivity index (χ2v) is 33.4. The number of fused-ring (bicyclic) bond motifs is 1. The van der Waals surface area contributed by atoms with Crippen molar-refractivity contribution >= 4 is 33.0 Å². The van der Waals surface area contributed by atoms with Gasteiger partial charge in [-0.25, -0.2) is 0 Å². The Hall–Kier alpha value is -2.64. The van der Waals surface area contributed by atoms with Gasteiger partial charge in [0.05, 0.1) is 43.0 Å². The summed E-state index contributed by atoms with van der Waals surface area (Å²) in [6.07, 6.45) is 14.5. The SMILES string of the molecule is C/C(=C\C[C@@H]1C[C@H](O[Si](c2ccccc2)(c2ccccc2)C(C)(C)C)CC2(CC[C@H](C)[C@@H](C(C)C)O2)O1)C[C@@H](C)/C=C/C=C1\CO[C@H]2C1[C@H](C(=O)O)C[C@H](C)[C@@H]2O[Si](C(C)C)(C(C)C)C(C)C. The van der Waals surface area contributed by atoms with Crippen LogP contribution in [0.15, 0.2) is 96.1 Å². The Kier molecular flexibility index (Phi) is 17.8. The fraction of sp³-hybridized carbons (Fsp3) is 0.672. The van der Waals surface area contributed by atoms with Crippen LogP contribution in [0.4, 0.5) is 0 Å². The number of benzene rings is 2. The third kappa shape index (κ3) is 11.6. The second kappa shape index (κ2) is 22.2. The van der Waals surface area contributed by atoms with E-state index < -0.39 is 34.3 Å². The fourth-order valence-corrected chi connectivity index (χ4v) is 23.7. The van der Waals surface area contributed by atoms with Crippen LogP contribution < -0.4 is 10.4 Å². The van der Waals surface area contributed by atoms with E-state index in [0.29, 0.717) is 47.4 Å². The maximum Gasteiger partial charge on any atom is 0.307 e. The molecule has 2 aromatic carbocycles. The lowest BCUT2D eigenvalue weighted by atomic mass is 9.69. The van der Waals surface area contributed by atoms with Crippen LogP contribution in [0.3, 0.4) is 0 Å². The van der Waals surface area contributed by atoms with Gasteiger partial charge < -0.3 is 28.2 Å². The highest BCUT2D eigenvalue weighted by atomic mass is 28.4. The van der Waals surface area contributed by atoms with E-state index in [0.717, 1.165) is 44.1 Å². The Morgan fingerprint density at radius 3 is 1.99 bits per heavy atom. The largest absolute Gasteiger partial charge is 0.481 e. The molecule has 0 bridgehead atoms. The molecule has 9 heteroatoms. The van der Waals surface area contributed by atoms with Crippen molar-refractivity contribution < 1.29 is 33.0 Å². The predicted molar refractivity (Wildman–Crippen MR) is 281 cm³/mol. The van der Waals surface area contributed by atoms with E-state index in [2.05, 4.69) is 189 Å². The van der Waals surface area contributed by atoms with E-state index in [-0.39, 0.29) is 47.4 Å². The van der Waals surface area contributed by atoms with Gasteiger partial charge in [0.15, 0.2) is 5.79 Å². The average molecular weight is 956 g/mol. The molecule has 372 valence electrons. The third-order valence-electron chi connectivity index (χ3n) is 16.4. The van der Waals surface area contributed by atoms with Crippen LogP contribution >= 0.6 is 0 Å². The molecule has 2 aromatic rings. The molecular weight excluding hydrogens is 865 g/mol. The summed E-state index contributed by atoms with van der Waals surface area (Å²) in [5.74, 6) is -0.811. The van der Waals surface area contributed by atoms with Crippen molar-refractivity contribution in [1.82, 2.24) is 0 Å². The lowest BCUT2D eigenvalue weighted by Crippen LogP contribution is -2.69. The van der Waals surface area contributed by atoms with E-state index in [4.69, 9.17) is 23.1 Å². The number of carboxylic acid groups (broad SMARTS) is 1. The molecule has 3 heterocycles. The number of ether oxygens (including phenoxy) is 3. The number of carboxylic acids is 1. The molecule has 6 rings (SSSR count). The fourth-order valence-electron chi connectivity index (χ4n) is 13.4. The number of allylic oxidation sites excluding steroid dienone is 4. The van der Waals surface area contributed by atoms with Crippen LogP contribution in [-0.4, -0.2) is 70.6 Å². The van der Waals surface area contributed by atoms with Crippen LogP contribution in [-0.2, 0) is 27.9 Å². The Balaban J connectivity index is 1.20. The Labute approximate surface area is 409 Å². The maximum atomic E-state index is 12.8. The minimum atomic E-state index is -2.82. The lowest BCUT2D eigenvalue weighted by Gasteiger charge is -2.53. The number of carbonyl (C=O) groups is 1. The molecule has 7 nitrogen and oxygen atoms in total. The monoisotopic (exact) mass is 955 g/mol. The minimum absolute atomic E-state index is 0.0331. The van der Waals surface area contributed by atoms with Gasteiger partial charge in [-0.05, 0) is 100 Å². The van der Waals surface area contributed by atoms with Crippen LogP contribution in [0.25, 0.3) is 0 Å². The molecule has 4 aliphatic rings. The number of hydrogen-bond donors (Lipinski definition) is 1. The summed E-state index contributed by atoms with van der Waals surface area (Å²) in [6, 6.07) is 22.0. The normalized spacial score (nSPS) is 31.2. The van der Waals surface area contributed by atoms with Crippen LogP contribution in [0.2, 0.25) is 21.7 Å². The molecule has 2 unspecified atom stereocenters. The summed E-state index contributed by atoms with van der Waals surface area (Å²) < 4.78 is 36.2. The van der Waals surface area contributed by atoms with Crippen molar-refractivity contribution in [1.29, 1.82) is 0 Å². The quantitative estimate of drug-likeness (QED) is 0.125. The second-order valence-electron chi connectivity index (χ2n) is 23.8. The van der Waals surface area contributed by atoms with Crippen molar-refractivity contribution in [2.45, 2.75) is 207 Å². The van der Waals surface area contributed by atoms with E-state index in [1.165, 1.54) is 15.9 Å². The summed E-state index contributed by atoms with van der Waals surface area (Å²) in [6.45, 7) is 35.0. The van der Waals surface area contributed by atoms with E-state index in [1.54, 1.807) is 0 Å². The smallest absolute Gasteiger partial charge is 0.307 e. The molecule has 0 aromatic heterocycles. The van der Waals surface area contributed by atoms with Crippen LogP contribution in [0.5, 0.6) is 0 Å². The van der Waals surface area contributed by atoms with Gasteiger partial charge in [0.1, 0.15) is 0 Å². The highest BCUT2D eigenvalue weighted by Crippen LogP contribution is 2.51. The van der Waals surface area contributed by atoms with E-state index in [9.17, 15) is 9.90 Å². The summed E-state index contributed by atoms with van der Waals surface area (Å²) in [4.78, 5) is 12.8. The molecule has 67 heavy (non-hydrogen) atoms. The zero-order chi connectivity index (χ0) is 49.1. The van der Waals surface area contributed by atoms with Gasteiger partial charge in [-0.15, -0.1) is 0 Å². The number of aliphatic carboxylic acids is 1. The maximum absolute atomic E-state index is 12.8. The Bertz CT molecular complexity index is 1940. The van der Waals surface area contributed by atoms with Crippen LogP contribution in [0, 0.1) is 35.5 Å². The predicted octanol–water partition coefficient (Wildman–Crippen LogP) is 13.4. The summed E-state index contributed by atoms with van der Waals surface area (Å²) in [5.41, 5.74) is 3.74. The van der Waals surface area contributed by atoms with E-state index >= 15 is 0 Å². The highest BCUT2D eigenvalue weighted by Gasteiger charge is 2.57. The van der Waals surface area contributed by atoms with Crippen molar-refractivity contribution in [3.63, 3.8) is 0 Å². The van der Waals surface area contributed by atoms with Crippen LogP contribution in [0.1, 0.15) is 149 Å². The first kappa shape index (κ1) is 53.7. The van der Waals surface area contributed by atoms with Gasteiger partial charge in [0, 0.05) is 18.8 Å².